The number of likely N-dealkylation sites (tertiary alicyclic amines) is 1. The molecule has 1 unspecified atom stereocenters. The van der Waals surface area contributed by atoms with Gasteiger partial charge >= 0.3 is 0 Å². The van der Waals surface area contributed by atoms with Gasteiger partial charge in [0.15, 0.2) is 0 Å². The van der Waals surface area contributed by atoms with Gasteiger partial charge in [0.1, 0.15) is 12.2 Å². The van der Waals surface area contributed by atoms with Gasteiger partial charge in [-0.15, -0.1) is 0 Å². The second-order valence-electron chi connectivity index (χ2n) is 10.8. The highest BCUT2D eigenvalue weighted by Gasteiger charge is 2.50. The van der Waals surface area contributed by atoms with E-state index in [4.69, 9.17) is 4.74 Å². The lowest BCUT2D eigenvalue weighted by atomic mass is 9.50. The van der Waals surface area contributed by atoms with Crippen molar-refractivity contribution < 1.29 is 25.2 Å². The van der Waals surface area contributed by atoms with Crippen LogP contribution in [0.15, 0.2) is 0 Å². The minimum Gasteiger partial charge on any atom is -0.395 e. The monoisotopic (exact) mass is 411 g/mol. The van der Waals surface area contributed by atoms with Crippen LogP contribution in [0, 0.1) is 23.2 Å². The molecule has 0 aromatic carbocycles. The lowest BCUT2D eigenvalue weighted by Crippen LogP contribution is -2.64. The van der Waals surface area contributed by atoms with Crippen molar-refractivity contribution in [3.05, 3.63) is 0 Å². The summed E-state index contributed by atoms with van der Waals surface area (Å²) in [5.41, 5.74) is 0.483. The minimum atomic E-state index is -1.19. The average molecular weight is 412 g/mol. The van der Waals surface area contributed by atoms with Crippen molar-refractivity contribution in [2.75, 3.05) is 26.4 Å². The summed E-state index contributed by atoms with van der Waals surface area (Å²) in [5, 5.41) is 39.6. The van der Waals surface area contributed by atoms with Crippen LogP contribution in [0.3, 0.4) is 0 Å². The first-order valence-corrected chi connectivity index (χ1v) is 11.9. The number of hydrogen-bond acceptors (Lipinski definition) is 6. The first kappa shape index (κ1) is 22.0. The number of piperidine rings is 1. The number of β-amino-alcohol motifs (C(OH)–C–C–N with tert-alkyl or cyclic N) is 1. The summed E-state index contributed by atoms with van der Waals surface area (Å²) in [6.45, 7) is 3.88. The molecule has 0 spiro atoms. The van der Waals surface area contributed by atoms with Crippen molar-refractivity contribution in [1.82, 2.24) is 4.90 Å². The maximum absolute atomic E-state index is 10.2. The number of unbranched alkanes of at least 4 members (excludes halogenated alkanes) is 1. The van der Waals surface area contributed by atoms with Gasteiger partial charge in [0.2, 0.25) is 0 Å². The van der Waals surface area contributed by atoms with Crippen LogP contribution < -0.4 is 0 Å². The molecule has 4 saturated carbocycles. The maximum Gasteiger partial charge on any atom is 0.109 e. The molecule has 29 heavy (non-hydrogen) atoms. The van der Waals surface area contributed by atoms with Crippen LogP contribution in [0.25, 0.3) is 0 Å². The highest BCUT2D eigenvalue weighted by Crippen LogP contribution is 2.60. The van der Waals surface area contributed by atoms with Crippen molar-refractivity contribution in [3.63, 3.8) is 0 Å². The van der Waals surface area contributed by atoms with Gasteiger partial charge in [0, 0.05) is 19.2 Å². The van der Waals surface area contributed by atoms with E-state index in [0.29, 0.717) is 5.41 Å². The molecule has 4 N–H and O–H groups in total. The quantitative estimate of drug-likeness (QED) is 0.430. The number of nitrogens with zero attached hydrogens (tertiary/aromatic N) is 1. The van der Waals surface area contributed by atoms with E-state index in [9.17, 15) is 20.4 Å². The maximum atomic E-state index is 10.2. The van der Waals surface area contributed by atoms with E-state index in [-0.39, 0.29) is 19.2 Å². The Hall–Kier alpha value is -0.240. The number of ether oxygens (including phenoxy) is 1. The molecular formula is C23H41NO5. The first-order chi connectivity index (χ1) is 13.9. The highest BCUT2D eigenvalue weighted by molar-refractivity contribution is 5.01. The van der Waals surface area contributed by atoms with Gasteiger partial charge in [-0.2, -0.15) is 0 Å². The fraction of sp³-hybridized carbons (Fsp3) is 1.00. The zero-order valence-electron chi connectivity index (χ0n) is 18.0. The second kappa shape index (κ2) is 9.09. The summed E-state index contributed by atoms with van der Waals surface area (Å²) >= 11 is 0. The molecule has 1 heterocycles. The van der Waals surface area contributed by atoms with Crippen molar-refractivity contribution >= 4 is 0 Å². The SMILES string of the molecule is CC(CCCCOCC12CC3CC(CC(C3)C1)C2)N1C[C@H](O)[C@@H](O)[C@H](O)[C@H]1CO. The summed E-state index contributed by atoms with van der Waals surface area (Å²) in [4.78, 5) is 1.94. The minimum absolute atomic E-state index is 0.132. The van der Waals surface area contributed by atoms with Crippen molar-refractivity contribution in [1.29, 1.82) is 0 Å². The summed E-state index contributed by atoms with van der Waals surface area (Å²) in [6, 6.07) is -0.386. The topological polar surface area (TPSA) is 93.4 Å². The van der Waals surface area contributed by atoms with Crippen LogP contribution in [0.5, 0.6) is 0 Å². The van der Waals surface area contributed by atoms with Gasteiger partial charge < -0.3 is 25.2 Å². The molecule has 5 atom stereocenters. The summed E-state index contributed by atoms with van der Waals surface area (Å²) in [6.07, 6.45) is 8.29. The molecular weight excluding hydrogens is 370 g/mol. The molecule has 0 amide bonds. The molecule has 5 aliphatic rings. The van der Waals surface area contributed by atoms with Gasteiger partial charge in [0.05, 0.1) is 25.4 Å². The number of rotatable bonds is 9. The fourth-order valence-corrected chi connectivity index (χ4v) is 7.40. The largest absolute Gasteiger partial charge is 0.395 e. The predicted molar refractivity (Wildman–Crippen MR) is 110 cm³/mol. The van der Waals surface area contributed by atoms with Crippen LogP contribution in [0.1, 0.15) is 64.7 Å². The van der Waals surface area contributed by atoms with Crippen LogP contribution in [0.4, 0.5) is 0 Å². The van der Waals surface area contributed by atoms with E-state index < -0.39 is 24.4 Å². The summed E-state index contributed by atoms with van der Waals surface area (Å²) in [7, 11) is 0. The van der Waals surface area contributed by atoms with E-state index in [1.165, 1.54) is 38.5 Å². The van der Waals surface area contributed by atoms with Crippen LogP contribution in [0.2, 0.25) is 0 Å². The Balaban J connectivity index is 1.15. The van der Waals surface area contributed by atoms with E-state index in [1.807, 2.05) is 4.90 Å². The van der Waals surface area contributed by atoms with Crippen LogP contribution in [-0.2, 0) is 4.74 Å². The van der Waals surface area contributed by atoms with Crippen molar-refractivity contribution in [2.24, 2.45) is 23.2 Å². The Morgan fingerprint density at radius 1 is 0.966 bits per heavy atom. The molecule has 1 saturated heterocycles. The Bertz CT molecular complexity index is 508. The molecule has 5 rings (SSSR count). The zero-order chi connectivity index (χ0) is 20.6. The van der Waals surface area contributed by atoms with Crippen LogP contribution in [-0.4, -0.2) is 82.1 Å². The molecule has 0 aromatic rings. The first-order valence-electron chi connectivity index (χ1n) is 11.9. The van der Waals surface area contributed by atoms with E-state index in [0.717, 1.165) is 50.2 Å². The average Bonchev–Trinajstić information content (AvgIpc) is 2.67. The lowest BCUT2D eigenvalue weighted by Gasteiger charge is -2.56. The Morgan fingerprint density at radius 3 is 2.17 bits per heavy atom. The number of hydrogen-bond donors (Lipinski definition) is 4. The Morgan fingerprint density at radius 2 is 1.59 bits per heavy atom. The van der Waals surface area contributed by atoms with Gasteiger partial charge in [-0.3, -0.25) is 4.90 Å². The third-order valence-electron chi connectivity index (χ3n) is 8.45. The van der Waals surface area contributed by atoms with E-state index in [1.54, 1.807) is 0 Å². The number of aliphatic hydroxyl groups excluding tert-OH is 4. The predicted octanol–water partition coefficient (Wildman–Crippen LogP) is 1.54. The molecule has 0 aromatic heterocycles. The van der Waals surface area contributed by atoms with E-state index >= 15 is 0 Å². The molecule has 6 heteroatoms. The summed E-state index contributed by atoms with van der Waals surface area (Å²) < 4.78 is 6.17. The van der Waals surface area contributed by atoms with Gasteiger partial charge in [-0.25, -0.2) is 0 Å². The lowest BCUT2D eigenvalue weighted by molar-refractivity contribution is -0.153. The standard InChI is InChI=1S/C23H41NO5/c1-15(24-12-20(26)22(28)21(27)19(24)13-25)4-2-3-5-29-14-23-9-16-6-17(10-23)8-18(7-16)11-23/h15-22,25-28H,2-14H2,1H3/t15?,16?,17?,18?,19-,20+,21-,22-,23?/m1/s1. The Labute approximate surface area is 175 Å². The van der Waals surface area contributed by atoms with Gasteiger partial charge in [-0.05, 0) is 87.9 Å². The normalized spacial score (nSPS) is 45.6. The molecule has 1 aliphatic heterocycles. The van der Waals surface area contributed by atoms with Crippen molar-refractivity contribution in [2.45, 2.75) is 95.1 Å². The summed E-state index contributed by atoms with van der Waals surface area (Å²) in [5.74, 6) is 2.91. The Kier molecular flexibility index (Phi) is 6.89. The van der Waals surface area contributed by atoms with Crippen LogP contribution >= 0.6 is 0 Å². The smallest absolute Gasteiger partial charge is 0.109 e. The molecule has 5 fully saturated rings. The van der Waals surface area contributed by atoms with E-state index in [2.05, 4.69) is 6.92 Å². The zero-order valence-corrected chi connectivity index (χ0v) is 18.0. The third-order valence-corrected chi connectivity index (χ3v) is 8.45. The molecule has 6 nitrogen and oxygen atoms in total. The van der Waals surface area contributed by atoms with Gasteiger partial charge in [0.25, 0.3) is 0 Å². The van der Waals surface area contributed by atoms with Crippen molar-refractivity contribution in [3.8, 4) is 0 Å². The van der Waals surface area contributed by atoms with Gasteiger partial charge in [-0.1, -0.05) is 0 Å². The second-order valence-corrected chi connectivity index (χ2v) is 10.8. The molecule has 0 radical (unpaired) electrons. The third kappa shape index (κ3) is 4.68. The fourth-order valence-electron chi connectivity index (χ4n) is 7.40. The molecule has 168 valence electrons. The molecule has 4 bridgehead atoms. The molecule has 4 aliphatic carbocycles. The number of aliphatic hydroxyl groups is 4. The highest BCUT2D eigenvalue weighted by atomic mass is 16.5.